The lowest BCUT2D eigenvalue weighted by molar-refractivity contribution is 0.353. The van der Waals surface area contributed by atoms with Crippen LogP contribution in [0.2, 0.25) is 0 Å². The second kappa shape index (κ2) is 8.10. The molecular formula is C19H21N3O6S. The molecule has 9 nitrogen and oxygen atoms in total. The molecule has 0 atom stereocenters. The van der Waals surface area contributed by atoms with Crippen molar-refractivity contribution in [1.82, 2.24) is 14.3 Å². The van der Waals surface area contributed by atoms with Gasteiger partial charge in [0.15, 0.2) is 11.5 Å². The van der Waals surface area contributed by atoms with Gasteiger partial charge in [0.2, 0.25) is 10.0 Å². The highest BCUT2D eigenvalue weighted by molar-refractivity contribution is 7.89. The average Bonchev–Trinajstić information content (AvgIpc) is 2.71. The van der Waals surface area contributed by atoms with Gasteiger partial charge in [0.25, 0.3) is 5.56 Å². The minimum Gasteiger partial charge on any atom is -0.493 e. The molecule has 0 unspecified atom stereocenters. The second-order valence-corrected chi connectivity index (χ2v) is 8.17. The molecule has 0 bridgehead atoms. The SMILES string of the molecule is CCN(Cc1ccc(OC)c(OC)c1)S(=O)(=O)c1ccc2[nH]c(=O)[nH]c(=O)c2c1. The topological polar surface area (TPSA) is 122 Å². The Morgan fingerprint density at radius 1 is 0.966 bits per heavy atom. The van der Waals surface area contributed by atoms with Crippen LogP contribution in [0, 0.1) is 0 Å². The van der Waals surface area contributed by atoms with Gasteiger partial charge in [-0.2, -0.15) is 4.31 Å². The Labute approximate surface area is 167 Å². The number of nitrogens with zero attached hydrogens (tertiary/aromatic N) is 1. The Kier molecular flexibility index (Phi) is 5.76. The summed E-state index contributed by atoms with van der Waals surface area (Å²) in [6, 6.07) is 9.22. The van der Waals surface area contributed by atoms with Crippen molar-refractivity contribution in [1.29, 1.82) is 0 Å². The zero-order valence-electron chi connectivity index (χ0n) is 16.2. The standard InChI is InChI=1S/C19H21N3O6S/c1-4-22(11-12-5-8-16(27-2)17(9-12)28-3)29(25,26)13-6-7-15-14(10-13)18(23)21-19(24)20-15/h5-10H,4,11H2,1-3H3,(H2,20,21,23,24). The molecule has 0 aliphatic carbocycles. The van der Waals surface area contributed by atoms with Crippen molar-refractivity contribution in [3.63, 3.8) is 0 Å². The highest BCUT2D eigenvalue weighted by atomic mass is 32.2. The molecule has 3 aromatic rings. The second-order valence-electron chi connectivity index (χ2n) is 6.24. The van der Waals surface area contributed by atoms with E-state index in [9.17, 15) is 18.0 Å². The molecule has 0 fully saturated rings. The molecule has 0 amide bonds. The van der Waals surface area contributed by atoms with Crippen molar-refractivity contribution in [2.45, 2.75) is 18.4 Å². The number of hydrogen-bond donors (Lipinski definition) is 2. The molecule has 0 radical (unpaired) electrons. The van der Waals surface area contributed by atoms with Gasteiger partial charge in [-0.1, -0.05) is 13.0 Å². The summed E-state index contributed by atoms with van der Waals surface area (Å²) in [4.78, 5) is 27.9. The van der Waals surface area contributed by atoms with Gasteiger partial charge in [-0.25, -0.2) is 13.2 Å². The smallest absolute Gasteiger partial charge is 0.326 e. The molecular weight excluding hydrogens is 398 g/mol. The zero-order chi connectivity index (χ0) is 21.2. The molecule has 2 aromatic carbocycles. The van der Waals surface area contributed by atoms with Gasteiger partial charge >= 0.3 is 5.69 Å². The number of sulfonamides is 1. The highest BCUT2D eigenvalue weighted by Crippen LogP contribution is 2.29. The summed E-state index contributed by atoms with van der Waals surface area (Å²) in [7, 11) is -0.857. The van der Waals surface area contributed by atoms with Crippen LogP contribution in [0.3, 0.4) is 0 Å². The van der Waals surface area contributed by atoms with E-state index in [4.69, 9.17) is 9.47 Å². The number of rotatable bonds is 7. The number of methoxy groups -OCH3 is 2. The van der Waals surface area contributed by atoms with Gasteiger partial charge in [-0.05, 0) is 35.9 Å². The van der Waals surface area contributed by atoms with Crippen LogP contribution in [0.25, 0.3) is 10.9 Å². The number of hydrogen-bond acceptors (Lipinski definition) is 6. The van der Waals surface area contributed by atoms with Gasteiger partial charge in [0.05, 0.1) is 30.0 Å². The first-order valence-corrected chi connectivity index (χ1v) is 10.2. The lowest BCUT2D eigenvalue weighted by Gasteiger charge is -2.21. The van der Waals surface area contributed by atoms with Crippen LogP contribution < -0.4 is 20.7 Å². The predicted molar refractivity (Wildman–Crippen MR) is 108 cm³/mol. The Bertz CT molecular complexity index is 1260. The summed E-state index contributed by atoms with van der Waals surface area (Å²) in [5, 5.41) is 0.0906. The van der Waals surface area contributed by atoms with Crippen molar-refractivity contribution in [2.24, 2.45) is 0 Å². The lowest BCUT2D eigenvalue weighted by atomic mass is 10.2. The van der Waals surface area contributed by atoms with Crippen molar-refractivity contribution >= 4 is 20.9 Å². The Balaban J connectivity index is 1.99. The molecule has 29 heavy (non-hydrogen) atoms. The molecule has 1 aromatic heterocycles. The molecule has 1 heterocycles. The molecule has 3 rings (SSSR count). The third-order valence-corrected chi connectivity index (χ3v) is 6.43. The Morgan fingerprint density at radius 2 is 1.69 bits per heavy atom. The fourth-order valence-corrected chi connectivity index (χ4v) is 4.47. The normalized spacial score (nSPS) is 11.7. The van der Waals surface area contributed by atoms with E-state index in [-0.39, 0.29) is 28.9 Å². The van der Waals surface area contributed by atoms with E-state index in [2.05, 4.69) is 9.97 Å². The van der Waals surface area contributed by atoms with Crippen LogP contribution in [0.5, 0.6) is 11.5 Å². The third kappa shape index (κ3) is 4.03. The fourth-order valence-electron chi connectivity index (χ4n) is 3.00. The summed E-state index contributed by atoms with van der Waals surface area (Å²) in [6.45, 7) is 2.06. The van der Waals surface area contributed by atoms with Crippen LogP contribution in [0.1, 0.15) is 12.5 Å². The molecule has 0 saturated carbocycles. The zero-order valence-corrected chi connectivity index (χ0v) is 17.0. The van der Waals surface area contributed by atoms with Crippen LogP contribution in [0.4, 0.5) is 0 Å². The highest BCUT2D eigenvalue weighted by Gasteiger charge is 2.24. The van der Waals surface area contributed by atoms with Gasteiger partial charge in [0, 0.05) is 13.1 Å². The van der Waals surface area contributed by atoms with Crippen LogP contribution >= 0.6 is 0 Å². The number of aromatic amines is 2. The largest absolute Gasteiger partial charge is 0.493 e. The van der Waals surface area contributed by atoms with Crippen molar-refractivity contribution in [2.75, 3.05) is 20.8 Å². The van der Waals surface area contributed by atoms with Gasteiger partial charge in [-0.15, -0.1) is 0 Å². The average molecular weight is 419 g/mol. The lowest BCUT2D eigenvalue weighted by Crippen LogP contribution is -2.30. The Hall–Kier alpha value is -3.11. The van der Waals surface area contributed by atoms with Crippen molar-refractivity contribution < 1.29 is 17.9 Å². The molecule has 0 aliphatic heterocycles. The van der Waals surface area contributed by atoms with Gasteiger partial charge in [-0.3, -0.25) is 9.78 Å². The quantitative estimate of drug-likeness (QED) is 0.598. The summed E-state index contributed by atoms with van der Waals surface area (Å²) >= 11 is 0. The first-order valence-electron chi connectivity index (χ1n) is 8.77. The number of benzene rings is 2. The fraction of sp³-hybridized carbons (Fsp3) is 0.263. The van der Waals surface area contributed by atoms with E-state index in [1.165, 1.54) is 36.7 Å². The number of fused-ring (bicyclic) bond motifs is 1. The number of H-pyrrole nitrogens is 2. The van der Waals surface area contributed by atoms with E-state index in [1.807, 2.05) is 0 Å². The van der Waals surface area contributed by atoms with Gasteiger partial charge in [0.1, 0.15) is 0 Å². The Morgan fingerprint density at radius 3 is 2.34 bits per heavy atom. The van der Waals surface area contributed by atoms with E-state index >= 15 is 0 Å². The van der Waals surface area contributed by atoms with E-state index in [0.29, 0.717) is 11.5 Å². The summed E-state index contributed by atoms with van der Waals surface area (Å²) in [5.41, 5.74) is -0.317. The van der Waals surface area contributed by atoms with Crippen LogP contribution in [0.15, 0.2) is 50.9 Å². The van der Waals surface area contributed by atoms with Crippen molar-refractivity contribution in [3.05, 3.63) is 62.8 Å². The van der Waals surface area contributed by atoms with Gasteiger partial charge < -0.3 is 14.5 Å². The maximum Gasteiger partial charge on any atom is 0.326 e. The first kappa shape index (κ1) is 20.6. The minimum atomic E-state index is -3.89. The van der Waals surface area contributed by atoms with E-state index in [0.717, 1.165) is 5.56 Å². The summed E-state index contributed by atoms with van der Waals surface area (Å²) in [5.74, 6) is 1.05. The minimum absolute atomic E-state index is 0.0372. The predicted octanol–water partition coefficient (Wildman–Crippen LogP) is 1.44. The molecule has 154 valence electrons. The number of aromatic nitrogens is 2. The van der Waals surface area contributed by atoms with Crippen molar-refractivity contribution in [3.8, 4) is 11.5 Å². The molecule has 10 heteroatoms. The maximum atomic E-state index is 13.2. The molecule has 2 N–H and O–H groups in total. The first-order chi connectivity index (χ1) is 13.8. The molecule has 0 saturated heterocycles. The van der Waals surface area contributed by atoms with Crippen LogP contribution in [-0.4, -0.2) is 43.5 Å². The van der Waals surface area contributed by atoms with Crippen LogP contribution in [-0.2, 0) is 16.6 Å². The number of ether oxygens (including phenoxy) is 2. The summed E-state index contributed by atoms with van der Waals surface area (Å²) in [6.07, 6.45) is 0. The molecule has 0 spiro atoms. The summed E-state index contributed by atoms with van der Waals surface area (Å²) < 4.78 is 38.1. The molecule has 0 aliphatic rings. The van der Waals surface area contributed by atoms with E-state index < -0.39 is 21.3 Å². The maximum absolute atomic E-state index is 13.2. The van der Waals surface area contributed by atoms with E-state index in [1.54, 1.807) is 25.1 Å². The number of nitrogens with one attached hydrogen (secondary N) is 2. The third-order valence-electron chi connectivity index (χ3n) is 4.51. The monoisotopic (exact) mass is 419 g/mol.